The van der Waals surface area contributed by atoms with Crippen LogP contribution in [0, 0.1) is 0 Å². The van der Waals surface area contributed by atoms with E-state index >= 15 is 0 Å². The van der Waals surface area contributed by atoms with E-state index in [9.17, 15) is 8.42 Å². The van der Waals surface area contributed by atoms with Crippen molar-refractivity contribution in [3.05, 3.63) is 52.2 Å². The Bertz CT molecular complexity index is 754. The minimum Gasteiger partial charge on any atom is -0.356 e. The molecule has 4 N–H and O–H groups in total. The normalized spacial score (nSPS) is 12.2. The molecule has 0 aliphatic carbocycles. The zero-order chi connectivity index (χ0) is 17.4. The molecule has 0 amide bonds. The fraction of sp³-hybridized carbons (Fsp3) is 0.312. The maximum atomic E-state index is 11.2. The standard InChI is InChI=1S/C16H22N4O2S2/c1-18-16(20-11-9-14-3-2-12-23-14)19-10-8-13-4-6-15(7-5-13)24(17,21)22/h2-7,12H,8-11H2,1H3,(H2,17,21,22)(H2,18,19,20). The van der Waals surface area contributed by atoms with Crippen LogP contribution in [0.4, 0.5) is 0 Å². The van der Waals surface area contributed by atoms with Crippen LogP contribution in [0.3, 0.4) is 0 Å². The first-order chi connectivity index (χ1) is 11.5. The number of hydrogen-bond donors (Lipinski definition) is 3. The van der Waals surface area contributed by atoms with Crippen molar-refractivity contribution in [2.24, 2.45) is 10.1 Å². The van der Waals surface area contributed by atoms with Crippen molar-refractivity contribution in [1.82, 2.24) is 10.6 Å². The van der Waals surface area contributed by atoms with Gasteiger partial charge in [-0.25, -0.2) is 13.6 Å². The third-order valence-corrected chi connectivity index (χ3v) is 5.29. The summed E-state index contributed by atoms with van der Waals surface area (Å²) in [6.07, 6.45) is 1.73. The fourth-order valence-electron chi connectivity index (χ4n) is 2.15. The van der Waals surface area contributed by atoms with E-state index in [2.05, 4.69) is 27.1 Å². The summed E-state index contributed by atoms with van der Waals surface area (Å²) >= 11 is 1.75. The van der Waals surface area contributed by atoms with E-state index in [1.54, 1.807) is 30.5 Å². The smallest absolute Gasteiger partial charge is 0.238 e. The second-order valence-electron chi connectivity index (χ2n) is 5.19. The Kier molecular flexibility index (Phi) is 6.77. The Balaban J connectivity index is 1.73. The van der Waals surface area contributed by atoms with Crippen LogP contribution in [0.1, 0.15) is 10.4 Å². The van der Waals surface area contributed by atoms with Crippen molar-refractivity contribution in [3.8, 4) is 0 Å². The molecule has 130 valence electrons. The van der Waals surface area contributed by atoms with Gasteiger partial charge in [-0.1, -0.05) is 18.2 Å². The molecule has 0 bridgehead atoms. The van der Waals surface area contributed by atoms with Gasteiger partial charge in [-0.3, -0.25) is 4.99 Å². The molecule has 6 nitrogen and oxygen atoms in total. The highest BCUT2D eigenvalue weighted by Crippen LogP contribution is 2.09. The van der Waals surface area contributed by atoms with Gasteiger partial charge in [0.25, 0.3) is 0 Å². The molecule has 0 aliphatic heterocycles. The summed E-state index contributed by atoms with van der Waals surface area (Å²) in [5.74, 6) is 0.757. The van der Waals surface area contributed by atoms with Crippen LogP contribution in [-0.2, 0) is 22.9 Å². The summed E-state index contributed by atoms with van der Waals surface area (Å²) in [5.41, 5.74) is 1.03. The number of nitrogens with one attached hydrogen (secondary N) is 2. The average Bonchev–Trinajstić information content (AvgIpc) is 3.06. The lowest BCUT2D eigenvalue weighted by Crippen LogP contribution is -2.39. The van der Waals surface area contributed by atoms with Crippen molar-refractivity contribution >= 4 is 27.3 Å². The van der Waals surface area contributed by atoms with Crippen LogP contribution in [0.2, 0.25) is 0 Å². The second-order valence-corrected chi connectivity index (χ2v) is 7.79. The number of primary sulfonamides is 1. The molecular weight excluding hydrogens is 344 g/mol. The number of thiophene rings is 1. The first kappa shape index (κ1) is 18.4. The first-order valence-corrected chi connectivity index (χ1v) is 10.0. The van der Waals surface area contributed by atoms with Gasteiger partial charge in [-0.2, -0.15) is 0 Å². The number of nitrogens with two attached hydrogens (primary N) is 1. The third kappa shape index (κ3) is 5.95. The van der Waals surface area contributed by atoms with E-state index < -0.39 is 10.0 Å². The minimum absolute atomic E-state index is 0.130. The van der Waals surface area contributed by atoms with Gasteiger partial charge in [0.2, 0.25) is 10.0 Å². The molecule has 0 spiro atoms. The Morgan fingerprint density at radius 3 is 2.33 bits per heavy atom. The predicted octanol–water partition coefficient (Wildman–Crippen LogP) is 1.35. The maximum absolute atomic E-state index is 11.2. The van der Waals surface area contributed by atoms with Crippen LogP contribution >= 0.6 is 11.3 Å². The van der Waals surface area contributed by atoms with E-state index in [1.165, 1.54) is 17.0 Å². The average molecular weight is 367 g/mol. The van der Waals surface area contributed by atoms with Gasteiger partial charge < -0.3 is 10.6 Å². The van der Waals surface area contributed by atoms with Gasteiger partial charge in [-0.05, 0) is 42.0 Å². The molecule has 0 saturated heterocycles. The van der Waals surface area contributed by atoms with E-state index in [0.717, 1.165) is 30.9 Å². The predicted molar refractivity (Wildman–Crippen MR) is 98.9 cm³/mol. The molecule has 0 saturated carbocycles. The Morgan fingerprint density at radius 1 is 1.12 bits per heavy atom. The summed E-state index contributed by atoms with van der Waals surface area (Å²) in [7, 11) is -1.89. The number of rotatable bonds is 7. The minimum atomic E-state index is -3.63. The zero-order valence-electron chi connectivity index (χ0n) is 13.5. The lowest BCUT2D eigenvalue weighted by Gasteiger charge is -2.11. The summed E-state index contributed by atoms with van der Waals surface area (Å²) in [6, 6.07) is 10.8. The number of sulfonamides is 1. The van der Waals surface area contributed by atoms with Crippen molar-refractivity contribution < 1.29 is 8.42 Å². The van der Waals surface area contributed by atoms with Gasteiger partial charge in [0.05, 0.1) is 4.90 Å². The molecule has 0 radical (unpaired) electrons. The van der Waals surface area contributed by atoms with E-state index in [-0.39, 0.29) is 4.90 Å². The molecule has 0 unspecified atom stereocenters. The second kappa shape index (κ2) is 8.81. The van der Waals surface area contributed by atoms with Crippen molar-refractivity contribution in [1.29, 1.82) is 0 Å². The molecule has 0 atom stereocenters. The van der Waals surface area contributed by atoms with Gasteiger partial charge in [0, 0.05) is 25.0 Å². The van der Waals surface area contributed by atoms with Crippen molar-refractivity contribution in [2.75, 3.05) is 20.1 Å². The summed E-state index contributed by atoms with van der Waals surface area (Å²) in [5, 5.41) is 13.7. The zero-order valence-corrected chi connectivity index (χ0v) is 15.2. The molecule has 1 aromatic carbocycles. The van der Waals surface area contributed by atoms with Crippen LogP contribution < -0.4 is 15.8 Å². The van der Waals surface area contributed by atoms with Crippen molar-refractivity contribution in [3.63, 3.8) is 0 Å². The van der Waals surface area contributed by atoms with Crippen LogP contribution in [-0.4, -0.2) is 34.5 Å². The molecule has 1 aromatic heterocycles. The van der Waals surface area contributed by atoms with Gasteiger partial charge in [-0.15, -0.1) is 11.3 Å². The van der Waals surface area contributed by atoms with E-state index in [4.69, 9.17) is 5.14 Å². The molecule has 24 heavy (non-hydrogen) atoms. The number of aliphatic imine (C=N–C) groups is 1. The molecule has 0 aliphatic rings. The molecule has 2 aromatic rings. The van der Waals surface area contributed by atoms with Crippen LogP contribution in [0.15, 0.2) is 51.7 Å². The van der Waals surface area contributed by atoms with E-state index in [0.29, 0.717) is 6.54 Å². The van der Waals surface area contributed by atoms with Crippen LogP contribution in [0.25, 0.3) is 0 Å². The SMILES string of the molecule is CN=C(NCCc1ccc(S(N)(=O)=O)cc1)NCCc1cccs1. The van der Waals surface area contributed by atoms with Gasteiger partial charge >= 0.3 is 0 Å². The monoisotopic (exact) mass is 366 g/mol. The fourth-order valence-corrected chi connectivity index (χ4v) is 3.38. The molecule has 2 rings (SSSR count). The molecule has 1 heterocycles. The number of hydrogen-bond acceptors (Lipinski definition) is 4. The summed E-state index contributed by atoms with van der Waals surface area (Å²) in [4.78, 5) is 5.66. The topological polar surface area (TPSA) is 96.6 Å². The number of benzene rings is 1. The van der Waals surface area contributed by atoms with Crippen LogP contribution in [0.5, 0.6) is 0 Å². The first-order valence-electron chi connectivity index (χ1n) is 7.57. The Morgan fingerprint density at radius 2 is 1.79 bits per heavy atom. The molecular formula is C16H22N4O2S2. The molecule has 0 fully saturated rings. The Labute approximate surface area is 146 Å². The lowest BCUT2D eigenvalue weighted by atomic mass is 10.1. The number of guanidine groups is 1. The van der Waals surface area contributed by atoms with Gasteiger partial charge in [0.15, 0.2) is 5.96 Å². The van der Waals surface area contributed by atoms with Gasteiger partial charge in [0.1, 0.15) is 0 Å². The lowest BCUT2D eigenvalue weighted by molar-refractivity contribution is 0.598. The highest BCUT2D eigenvalue weighted by Gasteiger charge is 2.06. The Hall–Kier alpha value is -1.90. The highest BCUT2D eigenvalue weighted by atomic mass is 32.2. The number of nitrogens with zero attached hydrogens (tertiary/aromatic N) is 1. The quantitative estimate of drug-likeness (QED) is 0.509. The third-order valence-electron chi connectivity index (χ3n) is 3.43. The summed E-state index contributed by atoms with van der Waals surface area (Å²) < 4.78 is 22.4. The summed E-state index contributed by atoms with van der Waals surface area (Å²) in [6.45, 7) is 1.52. The highest BCUT2D eigenvalue weighted by molar-refractivity contribution is 7.89. The molecule has 8 heteroatoms. The van der Waals surface area contributed by atoms with E-state index in [1.807, 2.05) is 6.07 Å². The maximum Gasteiger partial charge on any atom is 0.238 e. The largest absolute Gasteiger partial charge is 0.356 e. The van der Waals surface area contributed by atoms with Crippen molar-refractivity contribution in [2.45, 2.75) is 17.7 Å².